The van der Waals surface area contributed by atoms with E-state index in [4.69, 9.17) is 9.47 Å². The molecule has 0 spiro atoms. The highest BCUT2D eigenvalue weighted by Crippen LogP contribution is 2.64. The van der Waals surface area contributed by atoms with Crippen LogP contribution in [0.2, 0.25) is 0 Å². The second kappa shape index (κ2) is 6.31. The van der Waals surface area contributed by atoms with E-state index in [1.165, 1.54) is 82.8 Å². The number of epoxide rings is 1. The summed E-state index contributed by atoms with van der Waals surface area (Å²) >= 11 is 0. The van der Waals surface area contributed by atoms with Crippen LogP contribution in [0.25, 0.3) is 0 Å². The third kappa shape index (κ3) is 2.85. The fourth-order valence-electron chi connectivity index (χ4n) is 10.7. The van der Waals surface area contributed by atoms with Gasteiger partial charge in [0.2, 0.25) is 0 Å². The first kappa shape index (κ1) is 18.4. The van der Waals surface area contributed by atoms with Crippen molar-refractivity contribution in [3.05, 3.63) is 29.3 Å². The zero-order valence-corrected chi connectivity index (χ0v) is 19.0. The highest BCUT2D eigenvalue weighted by atomic mass is 16.6. The van der Waals surface area contributed by atoms with Gasteiger partial charge in [-0.1, -0.05) is 12.1 Å². The molecule has 9 fully saturated rings. The monoisotopic (exact) mass is 418 g/mol. The van der Waals surface area contributed by atoms with Gasteiger partial charge in [-0.05, 0) is 135 Å². The maximum absolute atomic E-state index is 6.63. The molecule has 2 nitrogen and oxygen atoms in total. The average molecular weight is 419 g/mol. The molecular formula is C29H38O2. The molecule has 0 amide bonds. The smallest absolute Gasteiger partial charge is 0.123 e. The predicted octanol–water partition coefficient (Wildman–Crippen LogP) is 6.40. The van der Waals surface area contributed by atoms with Crippen molar-refractivity contribution in [3.8, 4) is 5.75 Å². The van der Waals surface area contributed by atoms with Crippen LogP contribution in [-0.2, 0) is 15.6 Å². The third-order valence-electron chi connectivity index (χ3n) is 11.1. The molecule has 1 saturated heterocycles. The Morgan fingerprint density at radius 3 is 1.68 bits per heavy atom. The number of hydrogen-bond donors (Lipinski definition) is 0. The minimum atomic E-state index is 0.340. The molecule has 1 heterocycles. The molecule has 0 aromatic heterocycles. The maximum atomic E-state index is 6.63. The molecule has 8 bridgehead atoms. The van der Waals surface area contributed by atoms with E-state index in [2.05, 4.69) is 18.2 Å². The summed E-state index contributed by atoms with van der Waals surface area (Å²) in [5.41, 5.74) is 4.09. The van der Waals surface area contributed by atoms with Crippen LogP contribution in [0.1, 0.15) is 88.2 Å². The van der Waals surface area contributed by atoms with Crippen molar-refractivity contribution < 1.29 is 9.47 Å². The second-order valence-corrected chi connectivity index (χ2v) is 13.4. The Balaban J connectivity index is 1.19. The van der Waals surface area contributed by atoms with Gasteiger partial charge in [-0.25, -0.2) is 0 Å². The first-order valence-corrected chi connectivity index (χ1v) is 13.5. The first-order valence-electron chi connectivity index (χ1n) is 13.5. The summed E-state index contributed by atoms with van der Waals surface area (Å²) in [6.45, 7) is 1.64. The van der Waals surface area contributed by atoms with E-state index in [-0.39, 0.29) is 0 Å². The summed E-state index contributed by atoms with van der Waals surface area (Å²) in [7, 11) is 0. The van der Waals surface area contributed by atoms with Crippen molar-refractivity contribution in [3.63, 3.8) is 0 Å². The van der Waals surface area contributed by atoms with E-state index < -0.39 is 0 Å². The van der Waals surface area contributed by atoms with E-state index in [0.717, 1.165) is 48.7 Å². The van der Waals surface area contributed by atoms with Crippen LogP contribution in [0, 0.1) is 35.5 Å². The number of ether oxygens (including phenoxy) is 2. The number of rotatable bonds is 5. The zero-order valence-electron chi connectivity index (χ0n) is 19.0. The van der Waals surface area contributed by atoms with Gasteiger partial charge in [0.05, 0.1) is 6.61 Å². The van der Waals surface area contributed by atoms with Crippen molar-refractivity contribution in [2.24, 2.45) is 35.5 Å². The van der Waals surface area contributed by atoms with Crippen LogP contribution in [0.4, 0.5) is 0 Å². The molecule has 0 N–H and O–H groups in total. The summed E-state index contributed by atoms with van der Waals surface area (Å²) in [4.78, 5) is 0. The van der Waals surface area contributed by atoms with E-state index in [1.54, 1.807) is 11.1 Å². The summed E-state index contributed by atoms with van der Waals surface area (Å²) in [5, 5.41) is 0. The fraction of sp³-hybridized carbons (Fsp3) is 0.793. The third-order valence-corrected chi connectivity index (χ3v) is 11.1. The molecule has 1 aromatic rings. The largest absolute Gasteiger partial charge is 0.490 e. The quantitative estimate of drug-likeness (QED) is 0.516. The lowest BCUT2D eigenvalue weighted by Gasteiger charge is -2.58. The van der Waals surface area contributed by atoms with Crippen molar-refractivity contribution in [1.82, 2.24) is 0 Å². The molecule has 1 aromatic carbocycles. The molecule has 8 aliphatic carbocycles. The Labute approximate surface area is 187 Å². The summed E-state index contributed by atoms with van der Waals surface area (Å²) in [5.74, 6) is 7.19. The normalized spacial score (nSPS) is 50.8. The zero-order chi connectivity index (χ0) is 20.2. The molecule has 1 atom stereocenters. The Morgan fingerprint density at radius 1 is 0.710 bits per heavy atom. The van der Waals surface area contributed by atoms with Crippen LogP contribution in [-0.4, -0.2) is 19.3 Å². The van der Waals surface area contributed by atoms with Crippen LogP contribution < -0.4 is 4.74 Å². The van der Waals surface area contributed by atoms with E-state index in [0.29, 0.717) is 16.9 Å². The Kier molecular flexibility index (Phi) is 3.75. The van der Waals surface area contributed by atoms with Gasteiger partial charge in [0.1, 0.15) is 18.5 Å². The fourth-order valence-corrected chi connectivity index (χ4v) is 10.7. The summed E-state index contributed by atoms with van der Waals surface area (Å²) in [6, 6.07) is 7.72. The van der Waals surface area contributed by atoms with Gasteiger partial charge >= 0.3 is 0 Å². The predicted molar refractivity (Wildman–Crippen MR) is 121 cm³/mol. The van der Waals surface area contributed by atoms with Crippen LogP contribution in [0.3, 0.4) is 0 Å². The molecule has 166 valence electrons. The van der Waals surface area contributed by atoms with E-state index in [9.17, 15) is 0 Å². The van der Waals surface area contributed by atoms with Crippen molar-refractivity contribution in [2.75, 3.05) is 13.2 Å². The van der Waals surface area contributed by atoms with Crippen molar-refractivity contribution in [1.29, 1.82) is 0 Å². The maximum Gasteiger partial charge on any atom is 0.123 e. The van der Waals surface area contributed by atoms with Crippen LogP contribution >= 0.6 is 0 Å². The minimum absolute atomic E-state index is 0.340. The Morgan fingerprint density at radius 2 is 1.19 bits per heavy atom. The average Bonchev–Trinajstić information content (AvgIpc) is 3.55. The topological polar surface area (TPSA) is 21.8 Å². The van der Waals surface area contributed by atoms with Gasteiger partial charge in [-0.15, -0.1) is 0 Å². The van der Waals surface area contributed by atoms with E-state index >= 15 is 0 Å². The Hall–Kier alpha value is -1.02. The lowest BCUT2D eigenvalue weighted by atomic mass is 9.47. The van der Waals surface area contributed by atoms with Gasteiger partial charge < -0.3 is 9.47 Å². The van der Waals surface area contributed by atoms with Gasteiger partial charge in [0, 0.05) is 5.56 Å². The molecule has 31 heavy (non-hydrogen) atoms. The first-order chi connectivity index (χ1) is 15.1. The molecule has 2 heteroatoms. The summed E-state index contributed by atoms with van der Waals surface area (Å²) in [6.07, 6.45) is 18.0. The number of benzene rings is 1. The lowest BCUT2D eigenvalue weighted by molar-refractivity contribution is -0.00801. The van der Waals surface area contributed by atoms with Gasteiger partial charge in [-0.3, -0.25) is 0 Å². The van der Waals surface area contributed by atoms with Crippen molar-refractivity contribution in [2.45, 2.75) is 94.0 Å². The van der Waals surface area contributed by atoms with Crippen LogP contribution in [0.15, 0.2) is 18.2 Å². The van der Waals surface area contributed by atoms with Crippen molar-refractivity contribution >= 4 is 0 Å². The van der Waals surface area contributed by atoms with Crippen LogP contribution in [0.5, 0.6) is 5.75 Å². The molecule has 10 rings (SSSR count). The Bertz CT molecular complexity index is 825. The molecule has 1 unspecified atom stereocenters. The molecular weight excluding hydrogens is 380 g/mol. The minimum Gasteiger partial charge on any atom is -0.490 e. The SMILES string of the molecule is c1cc(C23CC4CC(CC(C4)C2)C3)c(OCC2CO2)cc1C12CC3CC(CC(C3)C1)C2. The number of hydrogen-bond acceptors (Lipinski definition) is 2. The summed E-state index contributed by atoms with van der Waals surface area (Å²) < 4.78 is 12.2. The van der Waals surface area contributed by atoms with Gasteiger partial charge in [0.15, 0.2) is 0 Å². The standard InChI is InChI=1S/C29H38O2/c1-2-26(29-13-21-6-22(14-29)8-23(7-21)15-29)27(31-17-25-16-30-25)9-24(1)28-10-18-3-19(11-28)5-20(4-18)12-28/h1-2,9,18-23,25H,3-8,10-17H2. The molecule has 8 saturated carbocycles. The van der Waals surface area contributed by atoms with Gasteiger partial charge in [0.25, 0.3) is 0 Å². The lowest BCUT2D eigenvalue weighted by Crippen LogP contribution is -2.49. The highest BCUT2D eigenvalue weighted by molar-refractivity contribution is 5.47. The van der Waals surface area contributed by atoms with E-state index in [1.807, 2.05) is 0 Å². The second-order valence-electron chi connectivity index (χ2n) is 13.4. The van der Waals surface area contributed by atoms with Gasteiger partial charge in [-0.2, -0.15) is 0 Å². The highest BCUT2D eigenvalue weighted by Gasteiger charge is 2.54. The molecule has 0 radical (unpaired) electrons. The molecule has 1 aliphatic heterocycles. The molecule has 9 aliphatic rings.